The Labute approximate surface area is 254 Å². The number of alkyl carbamates (subject to hydrolysis) is 1. The molecule has 0 bridgehead atoms. The van der Waals surface area contributed by atoms with E-state index in [0.29, 0.717) is 36.8 Å². The lowest BCUT2D eigenvalue weighted by Gasteiger charge is -2.19. The van der Waals surface area contributed by atoms with Gasteiger partial charge in [0.05, 0.1) is 12.1 Å². The van der Waals surface area contributed by atoms with Gasteiger partial charge in [0.2, 0.25) is 0 Å². The number of nitrogens with zero attached hydrogens (tertiary/aromatic N) is 1. The van der Waals surface area contributed by atoms with Gasteiger partial charge in [-0.15, -0.1) is 0 Å². The van der Waals surface area contributed by atoms with Crippen molar-refractivity contribution in [3.8, 4) is 17.6 Å². The van der Waals surface area contributed by atoms with Gasteiger partial charge in [-0.25, -0.2) is 4.79 Å². The molecule has 4 aromatic rings. The van der Waals surface area contributed by atoms with E-state index in [0.717, 1.165) is 39.8 Å². The molecule has 0 radical (unpaired) electrons. The van der Waals surface area contributed by atoms with Crippen molar-refractivity contribution in [1.82, 2.24) is 5.32 Å². The summed E-state index contributed by atoms with van der Waals surface area (Å²) in [5.41, 5.74) is 6.23. The number of hydrogen-bond donors (Lipinski definition) is 1. The largest absolute Gasteiger partial charge is 0.492 e. The highest BCUT2D eigenvalue weighted by Crippen LogP contribution is 2.36. The van der Waals surface area contributed by atoms with Crippen molar-refractivity contribution in [2.24, 2.45) is 0 Å². The normalized spacial score (nSPS) is 11.6. The molecule has 0 heterocycles. The zero-order chi connectivity index (χ0) is 30.7. The highest BCUT2D eigenvalue weighted by Gasteiger charge is 2.17. The molecule has 0 aromatic heterocycles. The first-order valence-corrected chi connectivity index (χ1v) is 14.5. The average Bonchev–Trinajstić information content (AvgIpc) is 3.01. The van der Waals surface area contributed by atoms with E-state index in [1.54, 1.807) is 0 Å². The molecule has 6 heteroatoms. The van der Waals surface area contributed by atoms with Gasteiger partial charge in [0, 0.05) is 0 Å². The topological polar surface area (TPSA) is 80.6 Å². The molecule has 0 aliphatic carbocycles. The third-order valence-electron chi connectivity index (χ3n) is 6.59. The Bertz CT molecular complexity index is 1570. The van der Waals surface area contributed by atoms with Gasteiger partial charge in [-0.05, 0) is 84.9 Å². The van der Waals surface area contributed by atoms with Gasteiger partial charge in [-0.1, -0.05) is 85.8 Å². The van der Waals surface area contributed by atoms with Crippen LogP contribution >= 0.6 is 0 Å². The van der Waals surface area contributed by atoms with E-state index in [1.165, 1.54) is 0 Å². The number of carbonyl (C=O) groups excluding carboxylic acids is 1. The van der Waals surface area contributed by atoms with Crippen LogP contribution in [0.4, 0.5) is 4.79 Å². The Morgan fingerprint density at radius 2 is 1.47 bits per heavy atom. The van der Waals surface area contributed by atoms with Gasteiger partial charge >= 0.3 is 6.09 Å². The van der Waals surface area contributed by atoms with Crippen LogP contribution in [0.1, 0.15) is 61.9 Å². The molecule has 0 saturated heterocycles. The molecule has 43 heavy (non-hydrogen) atoms. The number of rotatable bonds is 11. The van der Waals surface area contributed by atoms with Crippen molar-refractivity contribution in [3.63, 3.8) is 0 Å². The van der Waals surface area contributed by atoms with Crippen LogP contribution < -0.4 is 14.8 Å². The first-order valence-electron chi connectivity index (χ1n) is 14.5. The molecule has 4 aromatic carbocycles. The molecule has 0 unspecified atom stereocenters. The lowest BCUT2D eigenvalue weighted by Crippen LogP contribution is -2.34. The first-order chi connectivity index (χ1) is 20.8. The quantitative estimate of drug-likeness (QED) is 0.144. The maximum Gasteiger partial charge on any atom is 0.407 e. The van der Waals surface area contributed by atoms with E-state index < -0.39 is 11.7 Å². The fraction of sp³-hybridized carbons (Fsp3) is 0.243. The molecule has 1 amide bonds. The smallest absolute Gasteiger partial charge is 0.407 e. The Balaban J connectivity index is 1.59. The third-order valence-corrected chi connectivity index (χ3v) is 6.59. The minimum Gasteiger partial charge on any atom is -0.492 e. The molecule has 0 aliphatic rings. The lowest BCUT2D eigenvalue weighted by molar-refractivity contribution is 0.0520. The summed E-state index contributed by atoms with van der Waals surface area (Å²) >= 11 is 0. The Morgan fingerprint density at radius 1 is 0.814 bits per heavy atom. The predicted molar refractivity (Wildman–Crippen MR) is 171 cm³/mol. The molecule has 0 aliphatic heterocycles. The summed E-state index contributed by atoms with van der Waals surface area (Å²) in [6.45, 7) is 8.63. The number of carbonyl (C=O) groups is 1. The third kappa shape index (κ3) is 8.98. The second-order valence-corrected chi connectivity index (χ2v) is 11.0. The highest BCUT2D eigenvalue weighted by molar-refractivity contribution is 5.99. The van der Waals surface area contributed by atoms with Crippen molar-refractivity contribution in [2.45, 2.75) is 46.3 Å². The van der Waals surface area contributed by atoms with Crippen molar-refractivity contribution in [1.29, 1.82) is 5.26 Å². The summed E-state index contributed by atoms with van der Waals surface area (Å²) in [5.74, 6) is 1.24. The van der Waals surface area contributed by atoms with Gasteiger partial charge in [-0.3, -0.25) is 0 Å². The average molecular weight is 575 g/mol. The summed E-state index contributed by atoms with van der Waals surface area (Å²) in [7, 11) is 0. The Hall–Kier alpha value is -5.02. The minimum absolute atomic E-state index is 0.307. The Kier molecular flexibility index (Phi) is 10.6. The van der Waals surface area contributed by atoms with Crippen LogP contribution in [0.3, 0.4) is 0 Å². The van der Waals surface area contributed by atoms with E-state index in [2.05, 4.69) is 30.4 Å². The molecule has 4 rings (SSSR count). The van der Waals surface area contributed by atoms with Crippen molar-refractivity contribution < 1.29 is 19.0 Å². The summed E-state index contributed by atoms with van der Waals surface area (Å²) in [5, 5.41) is 12.7. The molecular formula is C37H38N2O4. The van der Waals surface area contributed by atoms with Gasteiger partial charge in [-0.2, -0.15) is 5.26 Å². The summed E-state index contributed by atoms with van der Waals surface area (Å²) < 4.78 is 17.2. The van der Waals surface area contributed by atoms with Crippen LogP contribution in [0.25, 0.3) is 11.1 Å². The zero-order valence-corrected chi connectivity index (χ0v) is 25.2. The number of hydrogen-bond acceptors (Lipinski definition) is 5. The first kappa shape index (κ1) is 30.9. The highest BCUT2D eigenvalue weighted by atomic mass is 16.6. The maximum absolute atomic E-state index is 11.9. The van der Waals surface area contributed by atoms with Crippen LogP contribution in [-0.2, 0) is 11.3 Å². The summed E-state index contributed by atoms with van der Waals surface area (Å²) in [6.07, 6.45) is 0.324. The van der Waals surface area contributed by atoms with E-state index in [-0.39, 0.29) is 0 Å². The number of benzene rings is 4. The molecule has 0 atom stereocenters. The molecular weight excluding hydrogens is 536 g/mol. The summed E-state index contributed by atoms with van der Waals surface area (Å²) in [6, 6.07) is 36.2. The van der Waals surface area contributed by atoms with Gasteiger partial charge in [0.1, 0.15) is 36.4 Å². The minimum atomic E-state index is -0.549. The monoisotopic (exact) mass is 574 g/mol. The predicted octanol–water partition coefficient (Wildman–Crippen LogP) is 8.41. The number of nitriles is 1. The lowest BCUT2D eigenvalue weighted by atomic mass is 9.87. The van der Waals surface area contributed by atoms with Gasteiger partial charge in [0.15, 0.2) is 0 Å². The van der Waals surface area contributed by atoms with Crippen LogP contribution in [-0.4, -0.2) is 24.8 Å². The molecule has 1 N–H and O–H groups in total. The van der Waals surface area contributed by atoms with Crippen molar-refractivity contribution in [2.75, 3.05) is 13.2 Å². The molecule has 0 spiro atoms. The second kappa shape index (κ2) is 14.7. The van der Waals surface area contributed by atoms with Gasteiger partial charge < -0.3 is 19.5 Å². The fourth-order valence-electron chi connectivity index (χ4n) is 4.67. The standard InChI is InChI=1S/C37H38N2O4/c1-5-33(28-14-10-7-11-15-28)35(29-16-19-32(20-17-29)41-23-22-39-36(40)43-37(2,3)4)30-18-21-34(31(24-30)25-38)42-26-27-12-8-6-9-13-27/h6-21,24H,5,22-23,26H2,1-4H3,(H,39,40)/b35-33+. The van der Waals surface area contributed by atoms with E-state index in [9.17, 15) is 10.1 Å². The maximum atomic E-state index is 11.9. The number of amides is 1. The van der Waals surface area contributed by atoms with Crippen molar-refractivity contribution >= 4 is 17.2 Å². The van der Waals surface area contributed by atoms with Crippen molar-refractivity contribution in [3.05, 3.63) is 131 Å². The zero-order valence-electron chi connectivity index (χ0n) is 25.2. The van der Waals surface area contributed by atoms with E-state index >= 15 is 0 Å². The summed E-state index contributed by atoms with van der Waals surface area (Å²) in [4.78, 5) is 11.9. The molecule has 0 fully saturated rings. The van der Waals surface area contributed by atoms with E-state index in [1.807, 2.05) is 112 Å². The van der Waals surface area contributed by atoms with Crippen LogP contribution in [0.2, 0.25) is 0 Å². The Morgan fingerprint density at radius 3 is 2.09 bits per heavy atom. The number of ether oxygens (including phenoxy) is 3. The molecule has 220 valence electrons. The second-order valence-electron chi connectivity index (χ2n) is 11.0. The molecule has 0 saturated carbocycles. The number of allylic oxidation sites excluding steroid dienone is 1. The van der Waals surface area contributed by atoms with Crippen LogP contribution in [0.5, 0.6) is 11.5 Å². The molecule has 6 nitrogen and oxygen atoms in total. The fourth-order valence-corrected chi connectivity index (χ4v) is 4.67. The van der Waals surface area contributed by atoms with Gasteiger partial charge in [0.25, 0.3) is 0 Å². The SMILES string of the molecule is CC/C(=C(/c1ccc(OCCNC(=O)OC(C)(C)C)cc1)c1ccc(OCc2ccccc2)c(C#N)c1)c1ccccc1. The van der Waals surface area contributed by atoms with E-state index in [4.69, 9.17) is 14.2 Å². The van der Waals surface area contributed by atoms with Crippen LogP contribution in [0, 0.1) is 11.3 Å². The van der Waals surface area contributed by atoms with Crippen LogP contribution in [0.15, 0.2) is 103 Å². The number of nitrogens with one attached hydrogen (secondary N) is 1.